The zero-order valence-electron chi connectivity index (χ0n) is 24.7. The van der Waals surface area contributed by atoms with Crippen LogP contribution in [0.3, 0.4) is 0 Å². The Balaban J connectivity index is 2.37. The van der Waals surface area contributed by atoms with Crippen LogP contribution in [0.4, 0.5) is 5.69 Å². The molecule has 2 amide bonds. The normalized spacial score (nSPS) is 23.4. The number of nitrogens with one attached hydrogen (secondary N) is 2. The van der Waals surface area contributed by atoms with E-state index in [-0.39, 0.29) is 5.41 Å². The lowest BCUT2D eigenvalue weighted by Gasteiger charge is -2.46. The second kappa shape index (κ2) is 12.8. The van der Waals surface area contributed by atoms with Crippen molar-refractivity contribution in [3.8, 4) is 0 Å². The predicted molar refractivity (Wildman–Crippen MR) is 152 cm³/mol. The maximum Gasteiger partial charge on any atom is 0.308 e. The predicted octanol–water partition coefficient (Wildman–Crippen LogP) is 5.69. The highest BCUT2D eigenvalue weighted by Gasteiger charge is 2.64. The molecule has 1 fully saturated rings. The summed E-state index contributed by atoms with van der Waals surface area (Å²) in [6.07, 6.45) is 6.11. The van der Waals surface area contributed by atoms with Crippen LogP contribution < -0.4 is 10.6 Å². The van der Waals surface area contributed by atoms with E-state index < -0.39 is 53.0 Å². The molecule has 216 valence electrons. The maximum atomic E-state index is 13.5. The molecule has 0 aliphatic heterocycles. The van der Waals surface area contributed by atoms with Crippen molar-refractivity contribution in [2.45, 2.75) is 98.4 Å². The molecule has 6 atom stereocenters. The summed E-state index contributed by atoms with van der Waals surface area (Å²) < 4.78 is 0. The number of benzene rings is 1. The number of carboxylic acids is 2. The molecule has 0 spiro atoms. The van der Waals surface area contributed by atoms with E-state index in [1.54, 1.807) is 6.07 Å². The second-order valence-corrected chi connectivity index (χ2v) is 11.9. The molecule has 1 aromatic rings. The van der Waals surface area contributed by atoms with Gasteiger partial charge in [-0.15, -0.1) is 0 Å². The highest BCUT2D eigenvalue weighted by Crippen LogP contribution is 2.48. The number of allylic oxidation sites excluding steroid dienone is 2. The van der Waals surface area contributed by atoms with Crippen molar-refractivity contribution in [3.05, 3.63) is 41.0 Å². The Labute approximate surface area is 232 Å². The lowest BCUT2D eigenvalue weighted by Crippen LogP contribution is -2.64. The van der Waals surface area contributed by atoms with Gasteiger partial charge in [0.15, 0.2) is 0 Å². The van der Waals surface area contributed by atoms with Gasteiger partial charge in [0.2, 0.25) is 11.8 Å². The first-order chi connectivity index (χ1) is 18.1. The van der Waals surface area contributed by atoms with Crippen molar-refractivity contribution < 1.29 is 29.4 Å². The largest absolute Gasteiger partial charge is 0.481 e. The molecule has 0 heterocycles. The molecule has 0 radical (unpaired) electrons. The second-order valence-electron chi connectivity index (χ2n) is 11.9. The van der Waals surface area contributed by atoms with E-state index in [2.05, 4.69) is 44.4 Å². The van der Waals surface area contributed by atoms with Crippen molar-refractivity contribution in [2.75, 3.05) is 5.32 Å². The third-order valence-electron chi connectivity index (χ3n) is 8.65. The first-order valence-electron chi connectivity index (χ1n) is 14.0. The molecule has 4 N–H and O–H groups in total. The summed E-state index contributed by atoms with van der Waals surface area (Å²) in [5.41, 5.74) is 3.03. The van der Waals surface area contributed by atoms with Crippen LogP contribution in [-0.4, -0.2) is 39.5 Å². The molecule has 1 aromatic carbocycles. The van der Waals surface area contributed by atoms with Crippen LogP contribution in [0.1, 0.15) is 91.7 Å². The van der Waals surface area contributed by atoms with E-state index in [1.807, 2.05) is 39.8 Å². The topological polar surface area (TPSA) is 133 Å². The number of carboxylic acid groups (broad SMARTS) is 2. The number of hydrogen-bond donors (Lipinski definition) is 4. The minimum absolute atomic E-state index is 0.0880. The summed E-state index contributed by atoms with van der Waals surface area (Å²) in [6, 6.07) is 5.78. The molecule has 1 saturated carbocycles. The van der Waals surface area contributed by atoms with Gasteiger partial charge < -0.3 is 20.8 Å². The van der Waals surface area contributed by atoms with Crippen LogP contribution in [0.2, 0.25) is 0 Å². The standard InChI is InChI=1S/C31H46N2O6/c1-9-15-31(8,11-3)33-27(35)23-22(24(28(36)37)25(23)29(38)39)26(34)32-21-13-12-20(17-19(21)6)30(7,10-2)16-14-18(4)5/h12-14,17,22-25H,9-11,15-16H2,1-8H3,(H,32,34)(H,33,35)(H,36,37)(H,38,39). The summed E-state index contributed by atoms with van der Waals surface area (Å²) in [6.45, 7) is 16.1. The van der Waals surface area contributed by atoms with Gasteiger partial charge in [0.05, 0.1) is 23.7 Å². The van der Waals surface area contributed by atoms with Gasteiger partial charge in [-0.25, -0.2) is 0 Å². The molecule has 0 saturated heterocycles. The van der Waals surface area contributed by atoms with Gasteiger partial charge >= 0.3 is 11.9 Å². The molecule has 0 bridgehead atoms. The Kier molecular flexibility index (Phi) is 10.5. The number of carbonyl (C=O) groups is 4. The Morgan fingerprint density at radius 3 is 1.90 bits per heavy atom. The molecule has 39 heavy (non-hydrogen) atoms. The van der Waals surface area contributed by atoms with E-state index in [1.165, 1.54) is 5.57 Å². The zero-order chi connectivity index (χ0) is 29.7. The maximum absolute atomic E-state index is 13.5. The van der Waals surface area contributed by atoms with Crippen molar-refractivity contribution in [1.29, 1.82) is 0 Å². The number of anilines is 1. The number of rotatable bonds is 13. The van der Waals surface area contributed by atoms with Gasteiger partial charge in [0.25, 0.3) is 0 Å². The van der Waals surface area contributed by atoms with E-state index in [9.17, 15) is 29.4 Å². The minimum atomic E-state index is -1.50. The number of amides is 2. The van der Waals surface area contributed by atoms with E-state index in [4.69, 9.17) is 0 Å². The van der Waals surface area contributed by atoms with Crippen molar-refractivity contribution >= 4 is 29.4 Å². The Hall–Kier alpha value is -3.16. The molecule has 8 heteroatoms. The van der Waals surface area contributed by atoms with Crippen LogP contribution in [0, 0.1) is 30.6 Å². The minimum Gasteiger partial charge on any atom is -0.481 e. The zero-order valence-corrected chi connectivity index (χ0v) is 24.7. The average Bonchev–Trinajstić information content (AvgIpc) is 2.82. The van der Waals surface area contributed by atoms with Gasteiger partial charge in [0.1, 0.15) is 0 Å². The third kappa shape index (κ3) is 7.08. The van der Waals surface area contributed by atoms with Gasteiger partial charge in [-0.1, -0.05) is 57.9 Å². The molecule has 0 aromatic heterocycles. The highest BCUT2D eigenvalue weighted by molar-refractivity contribution is 6.04. The fraction of sp³-hybridized carbons (Fsp3) is 0.613. The quantitative estimate of drug-likeness (QED) is 0.237. The summed E-state index contributed by atoms with van der Waals surface area (Å²) in [4.78, 5) is 50.9. The number of carbonyl (C=O) groups excluding carboxylic acids is 2. The summed E-state index contributed by atoms with van der Waals surface area (Å²) in [5.74, 6) is -9.61. The first-order valence-corrected chi connectivity index (χ1v) is 14.0. The number of hydrogen-bond acceptors (Lipinski definition) is 4. The van der Waals surface area contributed by atoms with Crippen LogP contribution >= 0.6 is 0 Å². The molecular formula is C31H46N2O6. The van der Waals surface area contributed by atoms with Gasteiger partial charge in [-0.05, 0) is 76.0 Å². The van der Waals surface area contributed by atoms with Gasteiger partial charge in [-0.2, -0.15) is 0 Å². The van der Waals surface area contributed by atoms with Crippen LogP contribution in [0.15, 0.2) is 29.8 Å². The molecule has 1 aliphatic carbocycles. The summed E-state index contributed by atoms with van der Waals surface area (Å²) in [7, 11) is 0. The van der Waals surface area contributed by atoms with Gasteiger partial charge in [0, 0.05) is 11.2 Å². The van der Waals surface area contributed by atoms with E-state index in [0.717, 1.165) is 30.4 Å². The Morgan fingerprint density at radius 2 is 1.46 bits per heavy atom. The first kappa shape index (κ1) is 32.1. The third-order valence-corrected chi connectivity index (χ3v) is 8.65. The number of aryl methyl sites for hydroxylation is 1. The van der Waals surface area contributed by atoms with Crippen molar-refractivity contribution in [2.24, 2.45) is 23.7 Å². The summed E-state index contributed by atoms with van der Waals surface area (Å²) in [5, 5.41) is 25.3. The SMILES string of the molecule is CCCC(C)(CC)NC(=O)C1C(C(=O)O)C(C(=O)O)C1C(=O)Nc1ccc(C(C)(CC)CC=C(C)C)cc1C. The Bertz CT molecular complexity index is 1120. The monoisotopic (exact) mass is 542 g/mol. The van der Waals surface area contributed by atoms with Crippen LogP contribution in [0.5, 0.6) is 0 Å². The molecule has 1 aliphatic rings. The van der Waals surface area contributed by atoms with Crippen molar-refractivity contribution in [1.82, 2.24) is 5.32 Å². The lowest BCUT2D eigenvalue weighted by molar-refractivity contribution is -0.180. The molecule has 8 nitrogen and oxygen atoms in total. The summed E-state index contributed by atoms with van der Waals surface area (Å²) >= 11 is 0. The Morgan fingerprint density at radius 1 is 0.897 bits per heavy atom. The molecular weight excluding hydrogens is 496 g/mol. The van der Waals surface area contributed by atoms with Crippen LogP contribution in [-0.2, 0) is 24.6 Å². The molecule has 2 rings (SSSR count). The lowest BCUT2D eigenvalue weighted by atomic mass is 9.55. The average molecular weight is 543 g/mol. The smallest absolute Gasteiger partial charge is 0.308 e. The number of aliphatic carboxylic acids is 2. The van der Waals surface area contributed by atoms with E-state index >= 15 is 0 Å². The highest BCUT2D eigenvalue weighted by atomic mass is 16.4. The molecule has 6 unspecified atom stereocenters. The van der Waals surface area contributed by atoms with Crippen molar-refractivity contribution in [3.63, 3.8) is 0 Å². The van der Waals surface area contributed by atoms with Gasteiger partial charge in [-0.3, -0.25) is 19.2 Å². The fourth-order valence-electron chi connectivity index (χ4n) is 5.57. The van der Waals surface area contributed by atoms with Crippen LogP contribution in [0.25, 0.3) is 0 Å². The fourth-order valence-corrected chi connectivity index (χ4v) is 5.57. The van der Waals surface area contributed by atoms with E-state index in [0.29, 0.717) is 18.5 Å².